The fraction of sp³-hybridized carbons (Fsp3) is 0.600. The zero-order valence-electron chi connectivity index (χ0n) is 12.0. The topological polar surface area (TPSA) is 46.9 Å². The minimum Gasteiger partial charge on any atom is -0.392 e. The Bertz CT molecular complexity index is 490. The summed E-state index contributed by atoms with van der Waals surface area (Å²) in [7, 11) is 4.13. The van der Waals surface area contributed by atoms with Gasteiger partial charge in [-0.3, -0.25) is 4.90 Å². The Hall–Kier alpha value is -0.900. The van der Waals surface area contributed by atoms with E-state index < -0.39 is 0 Å². The van der Waals surface area contributed by atoms with E-state index in [9.17, 15) is 5.11 Å². The van der Waals surface area contributed by atoms with Gasteiger partial charge in [0.1, 0.15) is 6.61 Å². The van der Waals surface area contributed by atoms with Crippen LogP contribution in [0.1, 0.15) is 16.9 Å². The highest BCUT2D eigenvalue weighted by molar-refractivity contribution is 7.10. The average Bonchev–Trinajstić information content (AvgIpc) is 2.94. The molecule has 1 aromatic rings. The molecule has 0 bridgehead atoms. The number of hydrogen-bond donors (Lipinski definition) is 2. The van der Waals surface area contributed by atoms with Gasteiger partial charge >= 0.3 is 0 Å². The molecule has 2 N–H and O–H groups in total. The summed E-state index contributed by atoms with van der Waals surface area (Å²) in [6.45, 7) is 2.48. The van der Waals surface area contributed by atoms with E-state index in [1.165, 1.54) is 4.88 Å². The van der Waals surface area contributed by atoms with Crippen molar-refractivity contribution in [2.24, 2.45) is 0 Å². The molecule has 1 fully saturated rings. The first kappa shape index (κ1) is 15.5. The van der Waals surface area contributed by atoms with Crippen molar-refractivity contribution in [3.05, 3.63) is 21.9 Å². The molecule has 1 aliphatic heterocycles. The summed E-state index contributed by atoms with van der Waals surface area (Å²) in [5.41, 5.74) is 0.961. The van der Waals surface area contributed by atoms with Crippen molar-refractivity contribution in [3.8, 4) is 11.8 Å². The van der Waals surface area contributed by atoms with Crippen LogP contribution in [0.2, 0.25) is 0 Å². The molecule has 1 aromatic heterocycles. The zero-order valence-corrected chi connectivity index (χ0v) is 12.9. The van der Waals surface area contributed by atoms with Crippen LogP contribution in [-0.2, 0) is 6.54 Å². The number of β-amino-alcohol motifs (C(OH)–C–C–N with tert-alkyl or cyclic N) is 1. The number of aliphatic hydroxyl groups excluding tert-OH is 2. The Morgan fingerprint density at radius 1 is 1.50 bits per heavy atom. The van der Waals surface area contributed by atoms with Gasteiger partial charge in [0.15, 0.2) is 0 Å². The lowest BCUT2D eigenvalue weighted by molar-refractivity contribution is 0.170. The number of likely N-dealkylation sites (tertiary alicyclic amines) is 1. The van der Waals surface area contributed by atoms with Crippen molar-refractivity contribution in [1.29, 1.82) is 0 Å². The molecule has 0 radical (unpaired) electrons. The van der Waals surface area contributed by atoms with E-state index >= 15 is 0 Å². The summed E-state index contributed by atoms with van der Waals surface area (Å²) in [5.74, 6) is 5.59. The molecular weight excluding hydrogens is 272 g/mol. The highest BCUT2D eigenvalue weighted by Crippen LogP contribution is 2.24. The molecule has 5 heteroatoms. The van der Waals surface area contributed by atoms with Crippen LogP contribution in [0.4, 0.5) is 0 Å². The first-order chi connectivity index (χ1) is 9.58. The summed E-state index contributed by atoms with van der Waals surface area (Å²) in [6, 6.07) is 2.49. The van der Waals surface area contributed by atoms with Crippen LogP contribution >= 0.6 is 11.3 Å². The van der Waals surface area contributed by atoms with Crippen LogP contribution in [0, 0.1) is 11.8 Å². The third-order valence-corrected chi connectivity index (χ3v) is 4.33. The smallest absolute Gasteiger partial charge is 0.104 e. The van der Waals surface area contributed by atoms with E-state index in [2.05, 4.69) is 41.8 Å². The molecule has 0 spiro atoms. The van der Waals surface area contributed by atoms with E-state index in [4.69, 9.17) is 5.11 Å². The van der Waals surface area contributed by atoms with Crippen LogP contribution < -0.4 is 0 Å². The van der Waals surface area contributed by atoms with Crippen molar-refractivity contribution >= 4 is 11.3 Å². The molecule has 20 heavy (non-hydrogen) atoms. The van der Waals surface area contributed by atoms with Gasteiger partial charge in [-0.05, 0) is 26.6 Å². The molecule has 2 heterocycles. The van der Waals surface area contributed by atoms with E-state index in [-0.39, 0.29) is 12.7 Å². The molecule has 110 valence electrons. The Morgan fingerprint density at radius 2 is 2.30 bits per heavy atom. The second-order valence-corrected chi connectivity index (χ2v) is 6.49. The van der Waals surface area contributed by atoms with Crippen molar-refractivity contribution in [2.75, 3.05) is 33.8 Å². The minimum atomic E-state index is -0.214. The third-order valence-electron chi connectivity index (χ3n) is 3.41. The van der Waals surface area contributed by atoms with Gasteiger partial charge in [0, 0.05) is 41.5 Å². The third kappa shape index (κ3) is 4.30. The van der Waals surface area contributed by atoms with Gasteiger partial charge < -0.3 is 15.1 Å². The molecule has 1 saturated heterocycles. The predicted octanol–water partition coefficient (Wildman–Crippen LogP) is 0.589. The molecule has 2 rings (SSSR count). The maximum atomic E-state index is 9.88. The van der Waals surface area contributed by atoms with Gasteiger partial charge in [-0.15, -0.1) is 11.3 Å². The van der Waals surface area contributed by atoms with E-state index in [0.29, 0.717) is 6.04 Å². The lowest BCUT2D eigenvalue weighted by Gasteiger charge is -2.26. The standard InChI is InChI=1S/C15H22N2O2S/c1-16(2)8-13-7-14(19)9-17(13)10-15-6-12(11-20-15)4-3-5-18/h6,11,13-14,18-19H,5,7-10H2,1-2H3. The molecule has 0 aromatic carbocycles. The number of rotatable bonds is 4. The fourth-order valence-corrected chi connectivity index (χ4v) is 3.47. The van der Waals surface area contributed by atoms with Crippen molar-refractivity contribution in [1.82, 2.24) is 9.80 Å². The van der Waals surface area contributed by atoms with Crippen molar-refractivity contribution < 1.29 is 10.2 Å². The zero-order chi connectivity index (χ0) is 14.5. The average molecular weight is 294 g/mol. The SMILES string of the molecule is CN(C)CC1CC(O)CN1Cc1cc(C#CCO)cs1. The summed E-state index contributed by atoms with van der Waals surface area (Å²) in [4.78, 5) is 5.77. The molecular formula is C15H22N2O2S. The van der Waals surface area contributed by atoms with Gasteiger partial charge in [-0.1, -0.05) is 11.8 Å². The monoisotopic (exact) mass is 294 g/mol. The quantitative estimate of drug-likeness (QED) is 0.798. The summed E-state index contributed by atoms with van der Waals surface area (Å²) < 4.78 is 0. The largest absolute Gasteiger partial charge is 0.392 e. The summed E-state index contributed by atoms with van der Waals surface area (Å²) in [5, 5.41) is 20.6. The van der Waals surface area contributed by atoms with E-state index in [1.54, 1.807) is 11.3 Å². The van der Waals surface area contributed by atoms with E-state index in [0.717, 1.165) is 31.6 Å². The summed E-state index contributed by atoms with van der Waals surface area (Å²) in [6.07, 6.45) is 0.634. The predicted molar refractivity (Wildman–Crippen MR) is 81.7 cm³/mol. The maximum absolute atomic E-state index is 9.88. The molecule has 0 aliphatic carbocycles. The Morgan fingerprint density at radius 3 is 3.00 bits per heavy atom. The Balaban J connectivity index is 1.98. The van der Waals surface area contributed by atoms with Gasteiger partial charge in [0.05, 0.1) is 6.10 Å². The number of likely N-dealkylation sites (N-methyl/N-ethyl adjacent to an activating group) is 1. The Kier molecular flexibility index (Phi) is 5.58. The molecule has 2 unspecified atom stereocenters. The first-order valence-corrected chi connectivity index (χ1v) is 7.70. The fourth-order valence-electron chi connectivity index (χ4n) is 2.63. The van der Waals surface area contributed by atoms with Crippen LogP contribution in [0.25, 0.3) is 0 Å². The number of nitrogens with zero attached hydrogens (tertiary/aromatic N) is 2. The van der Waals surface area contributed by atoms with Gasteiger partial charge in [0.2, 0.25) is 0 Å². The Labute approximate surface area is 124 Å². The molecule has 1 aliphatic rings. The molecule has 2 atom stereocenters. The van der Waals surface area contributed by atoms with Crippen molar-refractivity contribution in [2.45, 2.75) is 25.1 Å². The van der Waals surface area contributed by atoms with Crippen LogP contribution in [0.15, 0.2) is 11.4 Å². The van der Waals surface area contributed by atoms with Gasteiger partial charge in [-0.25, -0.2) is 0 Å². The molecule has 4 nitrogen and oxygen atoms in total. The summed E-state index contributed by atoms with van der Waals surface area (Å²) >= 11 is 1.69. The highest BCUT2D eigenvalue weighted by atomic mass is 32.1. The van der Waals surface area contributed by atoms with Gasteiger partial charge in [-0.2, -0.15) is 0 Å². The lowest BCUT2D eigenvalue weighted by atomic mass is 10.2. The van der Waals surface area contributed by atoms with Gasteiger partial charge in [0.25, 0.3) is 0 Å². The van der Waals surface area contributed by atoms with Crippen molar-refractivity contribution in [3.63, 3.8) is 0 Å². The lowest BCUT2D eigenvalue weighted by Crippen LogP contribution is -2.36. The molecule has 0 amide bonds. The molecule has 0 saturated carbocycles. The van der Waals surface area contributed by atoms with Crippen LogP contribution in [0.3, 0.4) is 0 Å². The van der Waals surface area contributed by atoms with Crippen LogP contribution in [-0.4, -0.2) is 66.0 Å². The second-order valence-electron chi connectivity index (χ2n) is 5.50. The maximum Gasteiger partial charge on any atom is 0.104 e. The van der Waals surface area contributed by atoms with Crippen LogP contribution in [0.5, 0.6) is 0 Å². The number of aliphatic hydroxyl groups is 2. The number of hydrogen-bond acceptors (Lipinski definition) is 5. The normalized spacial score (nSPS) is 23.1. The second kappa shape index (κ2) is 7.21. The number of thiophene rings is 1. The minimum absolute atomic E-state index is 0.103. The highest BCUT2D eigenvalue weighted by Gasteiger charge is 2.31. The first-order valence-electron chi connectivity index (χ1n) is 6.82. The van der Waals surface area contributed by atoms with E-state index in [1.807, 2.05) is 5.38 Å².